The second-order valence-corrected chi connectivity index (χ2v) is 6.45. The lowest BCUT2D eigenvalue weighted by Crippen LogP contribution is -2.07. The Labute approximate surface area is 116 Å². The van der Waals surface area contributed by atoms with Gasteiger partial charge in [0.25, 0.3) is 5.69 Å². The minimum Gasteiger partial charge on any atom is -0.258 e. The number of sulfone groups is 1. The molecule has 2 aromatic rings. The number of rotatable bonds is 4. The molecule has 0 saturated heterocycles. The van der Waals surface area contributed by atoms with Crippen molar-refractivity contribution in [3.63, 3.8) is 0 Å². The van der Waals surface area contributed by atoms with Gasteiger partial charge in [-0.1, -0.05) is 35.9 Å². The summed E-state index contributed by atoms with van der Waals surface area (Å²) in [6, 6.07) is 12.3. The van der Waals surface area contributed by atoms with Crippen LogP contribution in [0.1, 0.15) is 11.1 Å². The number of hydrogen-bond acceptors (Lipinski definition) is 4. The van der Waals surface area contributed by atoms with E-state index in [2.05, 4.69) is 0 Å². The quantitative estimate of drug-likeness (QED) is 0.641. The zero-order valence-corrected chi connectivity index (χ0v) is 11.6. The molecule has 0 N–H and O–H groups in total. The van der Waals surface area contributed by atoms with Crippen LogP contribution in [0.15, 0.2) is 53.4 Å². The lowest BCUT2D eigenvalue weighted by Gasteiger charge is -2.05. The molecule has 0 aliphatic heterocycles. The van der Waals surface area contributed by atoms with Crippen LogP contribution in [0.25, 0.3) is 0 Å². The molecule has 0 atom stereocenters. The first kappa shape index (κ1) is 14.2. The molecule has 0 spiro atoms. The minimum atomic E-state index is -3.59. The van der Waals surface area contributed by atoms with Crippen molar-refractivity contribution in [2.45, 2.75) is 17.6 Å². The molecule has 5 nitrogen and oxygen atoms in total. The summed E-state index contributed by atoms with van der Waals surface area (Å²) in [7, 11) is -3.59. The van der Waals surface area contributed by atoms with Crippen molar-refractivity contribution in [1.82, 2.24) is 0 Å². The number of aryl methyl sites for hydroxylation is 1. The van der Waals surface area contributed by atoms with E-state index in [1.54, 1.807) is 18.2 Å². The van der Waals surface area contributed by atoms with Gasteiger partial charge in [-0.25, -0.2) is 8.42 Å². The number of nitro benzene ring substituents is 1. The van der Waals surface area contributed by atoms with E-state index in [1.165, 1.54) is 30.3 Å². The standard InChI is InChI=1S/C14H13NO4S/c1-11-6-8-13(9-7-11)20(18,19)10-12-4-2-3-5-14(12)15(16)17/h2-9H,10H2,1H3. The average molecular weight is 291 g/mol. The summed E-state index contributed by atoms with van der Waals surface area (Å²) < 4.78 is 24.5. The molecule has 0 aromatic heterocycles. The highest BCUT2D eigenvalue weighted by Crippen LogP contribution is 2.23. The van der Waals surface area contributed by atoms with Gasteiger partial charge in [0.2, 0.25) is 0 Å². The Morgan fingerprint density at radius 1 is 1.05 bits per heavy atom. The molecule has 6 heteroatoms. The van der Waals surface area contributed by atoms with Crippen molar-refractivity contribution in [1.29, 1.82) is 0 Å². The summed E-state index contributed by atoms with van der Waals surface area (Å²) in [5, 5.41) is 10.9. The van der Waals surface area contributed by atoms with Crippen molar-refractivity contribution < 1.29 is 13.3 Å². The molecule has 2 rings (SSSR count). The third-order valence-electron chi connectivity index (χ3n) is 2.91. The summed E-state index contributed by atoms with van der Waals surface area (Å²) in [5.74, 6) is -0.382. The van der Waals surface area contributed by atoms with Crippen molar-refractivity contribution in [3.8, 4) is 0 Å². The maximum Gasteiger partial charge on any atom is 0.273 e. The van der Waals surface area contributed by atoms with Crippen LogP contribution >= 0.6 is 0 Å². The van der Waals surface area contributed by atoms with Gasteiger partial charge in [0.05, 0.1) is 15.6 Å². The lowest BCUT2D eigenvalue weighted by molar-refractivity contribution is -0.385. The Morgan fingerprint density at radius 3 is 2.25 bits per heavy atom. The minimum absolute atomic E-state index is 0.168. The van der Waals surface area contributed by atoms with Gasteiger partial charge in [0, 0.05) is 11.6 Å². The van der Waals surface area contributed by atoms with Crippen LogP contribution < -0.4 is 0 Å². The van der Waals surface area contributed by atoms with Gasteiger partial charge < -0.3 is 0 Å². The van der Waals surface area contributed by atoms with E-state index in [4.69, 9.17) is 0 Å². The fourth-order valence-electron chi connectivity index (χ4n) is 1.84. The first-order chi connectivity index (χ1) is 9.40. The van der Waals surface area contributed by atoms with Crippen LogP contribution in [0.3, 0.4) is 0 Å². The van der Waals surface area contributed by atoms with Crippen LogP contribution in [-0.4, -0.2) is 13.3 Å². The number of para-hydroxylation sites is 1. The second-order valence-electron chi connectivity index (χ2n) is 4.46. The zero-order valence-electron chi connectivity index (χ0n) is 10.8. The predicted molar refractivity (Wildman–Crippen MR) is 75.2 cm³/mol. The Bertz CT molecular complexity index is 736. The number of benzene rings is 2. The maximum atomic E-state index is 12.3. The highest BCUT2D eigenvalue weighted by atomic mass is 32.2. The molecule has 0 heterocycles. The average Bonchev–Trinajstić information content (AvgIpc) is 2.39. The van der Waals surface area contributed by atoms with E-state index in [-0.39, 0.29) is 21.9 Å². The van der Waals surface area contributed by atoms with Gasteiger partial charge in [-0.15, -0.1) is 0 Å². The second kappa shape index (κ2) is 5.42. The summed E-state index contributed by atoms with van der Waals surface area (Å²) in [6.45, 7) is 1.86. The van der Waals surface area contributed by atoms with Crippen molar-refractivity contribution in [3.05, 3.63) is 69.8 Å². The maximum absolute atomic E-state index is 12.3. The molecule has 0 saturated carbocycles. The van der Waals surface area contributed by atoms with Gasteiger partial charge >= 0.3 is 0 Å². The fraction of sp³-hybridized carbons (Fsp3) is 0.143. The summed E-state index contributed by atoms with van der Waals surface area (Å²) >= 11 is 0. The molecular weight excluding hydrogens is 278 g/mol. The topological polar surface area (TPSA) is 77.3 Å². The van der Waals surface area contributed by atoms with Crippen molar-refractivity contribution >= 4 is 15.5 Å². The molecule has 0 amide bonds. The molecule has 104 valence electrons. The number of hydrogen-bond donors (Lipinski definition) is 0. The SMILES string of the molecule is Cc1ccc(S(=O)(=O)Cc2ccccc2[N+](=O)[O-])cc1. The first-order valence-electron chi connectivity index (χ1n) is 5.92. The first-order valence-corrected chi connectivity index (χ1v) is 7.57. The highest BCUT2D eigenvalue weighted by molar-refractivity contribution is 7.90. The molecule has 0 unspecified atom stereocenters. The van der Waals surface area contributed by atoms with Crippen molar-refractivity contribution in [2.75, 3.05) is 0 Å². The van der Waals surface area contributed by atoms with E-state index < -0.39 is 14.8 Å². The van der Waals surface area contributed by atoms with Gasteiger partial charge in [-0.3, -0.25) is 10.1 Å². The van der Waals surface area contributed by atoms with Crippen molar-refractivity contribution in [2.24, 2.45) is 0 Å². The Balaban J connectivity index is 2.38. The predicted octanol–water partition coefficient (Wildman–Crippen LogP) is 2.88. The highest BCUT2D eigenvalue weighted by Gasteiger charge is 2.21. The van der Waals surface area contributed by atoms with Gasteiger partial charge in [-0.05, 0) is 19.1 Å². The largest absolute Gasteiger partial charge is 0.273 e. The third-order valence-corrected chi connectivity index (χ3v) is 4.60. The van der Waals surface area contributed by atoms with Crippen LogP contribution in [-0.2, 0) is 15.6 Å². The van der Waals surface area contributed by atoms with E-state index in [1.807, 2.05) is 6.92 Å². The lowest BCUT2D eigenvalue weighted by atomic mass is 10.2. The van der Waals surface area contributed by atoms with E-state index >= 15 is 0 Å². The molecular formula is C14H13NO4S. The normalized spacial score (nSPS) is 11.2. The van der Waals surface area contributed by atoms with Gasteiger partial charge in [0.1, 0.15) is 0 Å². The fourth-order valence-corrected chi connectivity index (χ4v) is 3.22. The van der Waals surface area contributed by atoms with Crippen LogP contribution in [0.4, 0.5) is 5.69 Å². The van der Waals surface area contributed by atoms with Crippen LogP contribution in [0.5, 0.6) is 0 Å². The Kier molecular flexibility index (Phi) is 3.85. The summed E-state index contributed by atoms with van der Waals surface area (Å²) in [6.07, 6.45) is 0. The van der Waals surface area contributed by atoms with Crippen LogP contribution in [0, 0.1) is 17.0 Å². The van der Waals surface area contributed by atoms with Gasteiger partial charge in [-0.2, -0.15) is 0 Å². The monoisotopic (exact) mass is 291 g/mol. The van der Waals surface area contributed by atoms with E-state index in [0.717, 1.165) is 5.56 Å². The van der Waals surface area contributed by atoms with E-state index in [9.17, 15) is 18.5 Å². The Hall–Kier alpha value is -2.21. The number of nitrogens with zero attached hydrogens (tertiary/aromatic N) is 1. The molecule has 0 aliphatic carbocycles. The molecule has 0 aliphatic rings. The Morgan fingerprint density at radius 2 is 1.65 bits per heavy atom. The molecule has 0 bridgehead atoms. The number of nitro groups is 1. The molecule has 0 radical (unpaired) electrons. The summed E-state index contributed by atoms with van der Waals surface area (Å²) in [5.41, 5.74) is 0.968. The smallest absolute Gasteiger partial charge is 0.258 e. The molecule has 20 heavy (non-hydrogen) atoms. The zero-order chi connectivity index (χ0) is 14.8. The van der Waals surface area contributed by atoms with Gasteiger partial charge in [0.15, 0.2) is 9.84 Å². The molecule has 2 aromatic carbocycles. The van der Waals surface area contributed by atoms with E-state index in [0.29, 0.717) is 0 Å². The van der Waals surface area contributed by atoms with Crippen LogP contribution in [0.2, 0.25) is 0 Å². The molecule has 0 fully saturated rings. The third kappa shape index (κ3) is 3.03. The summed E-state index contributed by atoms with van der Waals surface area (Å²) in [4.78, 5) is 10.5.